The number of aromatic nitrogens is 2. The Balaban J connectivity index is 2.26. The van der Waals surface area contributed by atoms with Gasteiger partial charge in [-0.2, -0.15) is 0 Å². The Morgan fingerprint density at radius 2 is 2.24 bits per heavy atom. The first-order valence-corrected chi connectivity index (χ1v) is 5.00. The third-order valence-electron chi connectivity index (χ3n) is 2.53. The van der Waals surface area contributed by atoms with Crippen LogP contribution in [0.3, 0.4) is 0 Å². The molecule has 0 spiro atoms. The number of aromatic carboxylic acids is 1. The molecule has 3 rings (SSSR count). The van der Waals surface area contributed by atoms with Crippen LogP contribution >= 0.6 is 0 Å². The van der Waals surface area contributed by atoms with Crippen LogP contribution in [-0.2, 0) is 0 Å². The van der Waals surface area contributed by atoms with Crippen LogP contribution in [0.25, 0.3) is 16.9 Å². The maximum absolute atomic E-state index is 11.0. The Morgan fingerprint density at radius 3 is 2.94 bits per heavy atom. The molecule has 3 aromatic heterocycles. The average molecular weight is 228 g/mol. The summed E-state index contributed by atoms with van der Waals surface area (Å²) in [5, 5.41) is 9.06. The number of furan rings is 1. The fraction of sp³-hybridized carbons (Fsp3) is 0. The lowest BCUT2D eigenvalue weighted by Gasteiger charge is -1.97. The Kier molecular flexibility index (Phi) is 1.98. The van der Waals surface area contributed by atoms with Crippen LogP contribution < -0.4 is 0 Å². The van der Waals surface area contributed by atoms with Crippen molar-refractivity contribution in [1.82, 2.24) is 9.38 Å². The zero-order valence-corrected chi connectivity index (χ0v) is 8.70. The zero-order valence-electron chi connectivity index (χ0n) is 8.70. The highest BCUT2D eigenvalue weighted by Gasteiger charge is 2.11. The fourth-order valence-electron chi connectivity index (χ4n) is 1.73. The lowest BCUT2D eigenvalue weighted by Crippen LogP contribution is -2.03. The first-order valence-electron chi connectivity index (χ1n) is 5.00. The maximum atomic E-state index is 11.0. The summed E-state index contributed by atoms with van der Waals surface area (Å²) in [6.07, 6.45) is 4.81. The third kappa shape index (κ3) is 1.48. The first-order chi connectivity index (χ1) is 8.25. The number of rotatable bonds is 2. The maximum Gasteiger partial charge on any atom is 0.352 e. The number of nitrogens with zero attached hydrogens (tertiary/aromatic N) is 2. The summed E-state index contributed by atoms with van der Waals surface area (Å²) in [5.74, 6) is -0.980. The van der Waals surface area contributed by atoms with Crippen molar-refractivity contribution in [3.8, 4) is 11.3 Å². The van der Waals surface area contributed by atoms with Crippen molar-refractivity contribution in [1.29, 1.82) is 0 Å². The summed E-state index contributed by atoms with van der Waals surface area (Å²) in [5.41, 5.74) is 2.29. The SMILES string of the molecule is O=C(O)c1cccc2nc(-c3ccoc3)cn12. The van der Waals surface area contributed by atoms with Gasteiger partial charge < -0.3 is 9.52 Å². The Bertz CT molecular complexity index is 683. The summed E-state index contributed by atoms with van der Waals surface area (Å²) in [7, 11) is 0. The fourth-order valence-corrected chi connectivity index (χ4v) is 1.73. The van der Waals surface area contributed by atoms with E-state index in [1.54, 1.807) is 41.3 Å². The second-order valence-corrected chi connectivity index (χ2v) is 3.58. The molecule has 5 heteroatoms. The zero-order chi connectivity index (χ0) is 11.8. The number of carboxylic acid groups (broad SMARTS) is 1. The van der Waals surface area contributed by atoms with Crippen molar-refractivity contribution < 1.29 is 14.3 Å². The second-order valence-electron chi connectivity index (χ2n) is 3.58. The molecule has 0 aliphatic heterocycles. The van der Waals surface area contributed by atoms with Gasteiger partial charge in [0.25, 0.3) is 0 Å². The highest BCUT2D eigenvalue weighted by molar-refractivity contribution is 5.86. The monoisotopic (exact) mass is 228 g/mol. The lowest BCUT2D eigenvalue weighted by molar-refractivity contribution is 0.0689. The van der Waals surface area contributed by atoms with Crippen LogP contribution in [0.15, 0.2) is 47.4 Å². The molecule has 0 amide bonds. The molecule has 3 aromatic rings. The van der Waals surface area contributed by atoms with E-state index >= 15 is 0 Å². The van der Waals surface area contributed by atoms with Gasteiger partial charge in [-0.15, -0.1) is 0 Å². The van der Waals surface area contributed by atoms with Crippen molar-refractivity contribution in [2.45, 2.75) is 0 Å². The molecule has 17 heavy (non-hydrogen) atoms. The minimum Gasteiger partial charge on any atom is -0.477 e. The molecule has 0 unspecified atom stereocenters. The van der Waals surface area contributed by atoms with E-state index in [9.17, 15) is 4.79 Å². The number of imidazole rings is 1. The van der Waals surface area contributed by atoms with Gasteiger partial charge >= 0.3 is 5.97 Å². The van der Waals surface area contributed by atoms with Crippen LogP contribution in [0.1, 0.15) is 10.5 Å². The molecule has 84 valence electrons. The number of fused-ring (bicyclic) bond motifs is 1. The smallest absolute Gasteiger partial charge is 0.352 e. The molecule has 0 aromatic carbocycles. The minimum absolute atomic E-state index is 0.185. The van der Waals surface area contributed by atoms with E-state index in [0.29, 0.717) is 11.3 Å². The molecule has 1 N–H and O–H groups in total. The molecule has 0 aliphatic carbocycles. The number of pyridine rings is 1. The Labute approximate surface area is 95.9 Å². The summed E-state index contributed by atoms with van der Waals surface area (Å²) < 4.78 is 6.52. The molecule has 0 saturated carbocycles. The van der Waals surface area contributed by atoms with Gasteiger partial charge in [-0.3, -0.25) is 4.40 Å². The molecule has 5 nitrogen and oxygen atoms in total. The van der Waals surface area contributed by atoms with E-state index in [0.717, 1.165) is 5.56 Å². The van der Waals surface area contributed by atoms with Crippen LogP contribution in [0, 0.1) is 0 Å². The van der Waals surface area contributed by atoms with Gasteiger partial charge in [0.2, 0.25) is 0 Å². The van der Waals surface area contributed by atoms with E-state index in [2.05, 4.69) is 4.98 Å². The molecule has 0 aliphatic rings. The lowest BCUT2D eigenvalue weighted by atomic mass is 10.3. The van der Waals surface area contributed by atoms with Gasteiger partial charge in [0.05, 0.1) is 18.2 Å². The molecule has 0 bridgehead atoms. The predicted molar refractivity (Wildman–Crippen MR) is 59.9 cm³/mol. The first kappa shape index (κ1) is 9.65. The normalized spacial score (nSPS) is 10.8. The molecular formula is C12H8N2O3. The molecule has 0 fully saturated rings. The van der Waals surface area contributed by atoms with Crippen molar-refractivity contribution in [3.05, 3.63) is 48.7 Å². The number of carboxylic acids is 1. The molecule has 0 radical (unpaired) electrons. The highest BCUT2D eigenvalue weighted by Crippen LogP contribution is 2.20. The number of carbonyl (C=O) groups is 1. The Morgan fingerprint density at radius 1 is 1.35 bits per heavy atom. The predicted octanol–water partition coefficient (Wildman–Crippen LogP) is 2.29. The molecular weight excluding hydrogens is 220 g/mol. The van der Waals surface area contributed by atoms with Gasteiger partial charge in [-0.25, -0.2) is 9.78 Å². The summed E-state index contributed by atoms with van der Waals surface area (Å²) in [6, 6.07) is 6.75. The van der Waals surface area contributed by atoms with Crippen molar-refractivity contribution in [2.75, 3.05) is 0 Å². The average Bonchev–Trinajstić information content (AvgIpc) is 2.96. The number of hydrogen-bond acceptors (Lipinski definition) is 3. The quantitative estimate of drug-likeness (QED) is 0.730. The van der Waals surface area contributed by atoms with Crippen LogP contribution in [0.4, 0.5) is 0 Å². The van der Waals surface area contributed by atoms with Crippen molar-refractivity contribution in [2.24, 2.45) is 0 Å². The van der Waals surface area contributed by atoms with Crippen molar-refractivity contribution in [3.63, 3.8) is 0 Å². The van der Waals surface area contributed by atoms with E-state index in [4.69, 9.17) is 9.52 Å². The van der Waals surface area contributed by atoms with Crippen LogP contribution in [-0.4, -0.2) is 20.5 Å². The van der Waals surface area contributed by atoms with Gasteiger partial charge in [0.1, 0.15) is 11.3 Å². The summed E-state index contributed by atoms with van der Waals surface area (Å²) in [4.78, 5) is 15.4. The number of hydrogen-bond donors (Lipinski definition) is 1. The third-order valence-corrected chi connectivity index (χ3v) is 2.53. The van der Waals surface area contributed by atoms with E-state index in [1.807, 2.05) is 0 Å². The molecule has 0 saturated heterocycles. The van der Waals surface area contributed by atoms with Gasteiger partial charge in [-0.1, -0.05) is 6.07 Å². The van der Waals surface area contributed by atoms with Crippen molar-refractivity contribution >= 4 is 11.6 Å². The Hall–Kier alpha value is -2.56. The van der Waals surface area contributed by atoms with Gasteiger partial charge in [0.15, 0.2) is 0 Å². The molecule has 3 heterocycles. The summed E-state index contributed by atoms with van der Waals surface area (Å²) >= 11 is 0. The topological polar surface area (TPSA) is 67.7 Å². The molecule has 0 atom stereocenters. The minimum atomic E-state index is -0.980. The van der Waals surface area contributed by atoms with E-state index in [-0.39, 0.29) is 5.69 Å². The standard InChI is InChI=1S/C12H8N2O3/c15-12(16)10-2-1-3-11-13-9(6-14(10)11)8-4-5-17-7-8/h1-7H,(H,15,16). The summed E-state index contributed by atoms with van der Waals surface area (Å²) in [6.45, 7) is 0. The van der Waals surface area contributed by atoms with Gasteiger partial charge in [-0.05, 0) is 18.2 Å². The highest BCUT2D eigenvalue weighted by atomic mass is 16.4. The largest absolute Gasteiger partial charge is 0.477 e. The van der Waals surface area contributed by atoms with E-state index in [1.165, 1.54) is 6.07 Å². The second kappa shape index (κ2) is 3.48. The van der Waals surface area contributed by atoms with E-state index < -0.39 is 5.97 Å². The van der Waals surface area contributed by atoms with Gasteiger partial charge in [0, 0.05) is 11.8 Å². The van der Waals surface area contributed by atoms with Crippen LogP contribution in [0.2, 0.25) is 0 Å². The van der Waals surface area contributed by atoms with Crippen LogP contribution in [0.5, 0.6) is 0 Å².